The highest BCUT2D eigenvalue weighted by Crippen LogP contribution is 2.16. The summed E-state index contributed by atoms with van der Waals surface area (Å²) in [6, 6.07) is 8.02. The Morgan fingerprint density at radius 3 is 2.14 bits per heavy atom. The zero-order valence-electron chi connectivity index (χ0n) is 15.0. The third-order valence-electron chi connectivity index (χ3n) is 3.22. The van der Waals surface area contributed by atoms with Crippen molar-refractivity contribution in [3.8, 4) is 5.75 Å². The van der Waals surface area contributed by atoms with Crippen LogP contribution in [0.3, 0.4) is 0 Å². The highest BCUT2D eigenvalue weighted by Gasteiger charge is 2.01. The molecule has 0 bridgehead atoms. The maximum Gasteiger partial charge on any atom is 0.145 e. The van der Waals surface area contributed by atoms with Crippen molar-refractivity contribution in [1.29, 1.82) is 0 Å². The van der Waals surface area contributed by atoms with Crippen LogP contribution in [0.5, 0.6) is 5.75 Å². The van der Waals surface area contributed by atoms with E-state index in [1.807, 2.05) is 31.2 Å². The van der Waals surface area contributed by atoms with Gasteiger partial charge in [-0.1, -0.05) is 64.3 Å². The Bertz CT molecular complexity index is 430. The molecule has 124 valence electrons. The largest absolute Gasteiger partial charge is 0.456 e. The topological polar surface area (TPSA) is 21.3 Å². The van der Waals surface area contributed by atoms with Gasteiger partial charge < -0.3 is 10.1 Å². The van der Waals surface area contributed by atoms with Crippen LogP contribution in [0.15, 0.2) is 48.4 Å². The van der Waals surface area contributed by atoms with Gasteiger partial charge in [0.2, 0.25) is 0 Å². The summed E-state index contributed by atoms with van der Waals surface area (Å²) in [5.41, 5.74) is 2.25. The number of ether oxygens (including phenoxy) is 1. The van der Waals surface area contributed by atoms with Gasteiger partial charge in [0, 0.05) is 6.54 Å². The maximum absolute atomic E-state index is 5.81. The predicted molar refractivity (Wildman–Crippen MR) is 98.2 cm³/mol. The third-order valence-corrected chi connectivity index (χ3v) is 3.22. The zero-order chi connectivity index (χ0) is 16.8. The number of aryl methyl sites for hydroxylation is 1. The van der Waals surface area contributed by atoms with E-state index in [1.54, 1.807) is 6.08 Å². The number of hydrogen-bond acceptors (Lipinski definition) is 2. The van der Waals surface area contributed by atoms with Crippen molar-refractivity contribution in [2.45, 2.75) is 60.3 Å². The number of hydrogen-bond donors (Lipinski definition) is 1. The summed E-state index contributed by atoms with van der Waals surface area (Å²) in [4.78, 5) is 0. The molecular formula is C20H33NO. The van der Waals surface area contributed by atoms with Crippen LogP contribution in [0.4, 0.5) is 0 Å². The fourth-order valence-corrected chi connectivity index (χ4v) is 1.54. The highest BCUT2D eigenvalue weighted by atomic mass is 16.5. The first kappa shape index (κ1) is 20.3. The Morgan fingerprint density at radius 2 is 1.68 bits per heavy atom. The van der Waals surface area contributed by atoms with Gasteiger partial charge in [-0.3, -0.25) is 0 Å². The fraction of sp³-hybridized carbons (Fsp3) is 0.500. The van der Waals surface area contributed by atoms with E-state index in [2.05, 4.69) is 39.6 Å². The summed E-state index contributed by atoms with van der Waals surface area (Å²) in [5, 5.41) is 3.35. The van der Waals surface area contributed by atoms with Crippen LogP contribution < -0.4 is 10.1 Å². The van der Waals surface area contributed by atoms with Crippen molar-refractivity contribution in [3.63, 3.8) is 0 Å². The van der Waals surface area contributed by atoms with Gasteiger partial charge >= 0.3 is 0 Å². The van der Waals surface area contributed by atoms with Crippen molar-refractivity contribution in [2.75, 3.05) is 6.54 Å². The van der Waals surface area contributed by atoms with E-state index in [4.69, 9.17) is 4.74 Å². The lowest BCUT2D eigenvalue weighted by molar-refractivity contribution is 0.431. The van der Waals surface area contributed by atoms with E-state index in [-0.39, 0.29) is 0 Å². The van der Waals surface area contributed by atoms with Crippen LogP contribution in [-0.4, -0.2) is 6.54 Å². The molecule has 0 aromatic heterocycles. The molecule has 1 aromatic rings. The second kappa shape index (κ2) is 13.0. The summed E-state index contributed by atoms with van der Waals surface area (Å²) in [6.07, 6.45) is 6.73. The molecule has 0 heterocycles. The predicted octanol–water partition coefficient (Wildman–Crippen LogP) is 5.99. The van der Waals surface area contributed by atoms with Crippen molar-refractivity contribution in [1.82, 2.24) is 5.32 Å². The van der Waals surface area contributed by atoms with Gasteiger partial charge in [-0.25, -0.2) is 0 Å². The van der Waals surface area contributed by atoms with E-state index in [9.17, 15) is 0 Å². The molecule has 0 saturated carbocycles. The molecule has 1 aromatic carbocycles. The van der Waals surface area contributed by atoms with Crippen LogP contribution in [-0.2, 0) is 0 Å². The van der Waals surface area contributed by atoms with Crippen LogP contribution in [0, 0.1) is 6.92 Å². The van der Waals surface area contributed by atoms with Gasteiger partial charge in [0.1, 0.15) is 11.5 Å². The molecule has 0 aliphatic heterocycles. The lowest BCUT2D eigenvalue weighted by Gasteiger charge is -2.12. The molecule has 0 unspecified atom stereocenters. The first-order valence-electron chi connectivity index (χ1n) is 8.40. The van der Waals surface area contributed by atoms with Gasteiger partial charge in [-0.15, -0.1) is 0 Å². The van der Waals surface area contributed by atoms with E-state index < -0.39 is 0 Å². The summed E-state index contributed by atoms with van der Waals surface area (Å²) in [5.74, 6) is 1.63. The molecule has 0 spiro atoms. The molecule has 22 heavy (non-hydrogen) atoms. The molecule has 0 radical (unpaired) electrons. The molecule has 1 N–H and O–H groups in total. The summed E-state index contributed by atoms with van der Waals surface area (Å²) in [7, 11) is 0. The van der Waals surface area contributed by atoms with Crippen molar-refractivity contribution >= 4 is 0 Å². The fourth-order valence-electron chi connectivity index (χ4n) is 1.54. The molecule has 1 rings (SSSR count). The van der Waals surface area contributed by atoms with Crippen molar-refractivity contribution < 1.29 is 4.74 Å². The summed E-state index contributed by atoms with van der Waals surface area (Å²) < 4.78 is 5.81. The van der Waals surface area contributed by atoms with E-state index in [0.717, 1.165) is 30.2 Å². The summed E-state index contributed by atoms with van der Waals surface area (Å²) in [6.45, 7) is 15.4. The second-order valence-electron chi connectivity index (χ2n) is 5.39. The van der Waals surface area contributed by atoms with Gasteiger partial charge in [0.25, 0.3) is 0 Å². The Hall–Kier alpha value is -1.70. The number of benzene rings is 1. The monoisotopic (exact) mass is 303 g/mol. The minimum Gasteiger partial charge on any atom is -0.456 e. The Labute approximate surface area is 137 Å². The van der Waals surface area contributed by atoms with Gasteiger partial charge in [0.05, 0.1) is 5.70 Å². The van der Waals surface area contributed by atoms with Crippen LogP contribution in [0.1, 0.15) is 58.9 Å². The maximum atomic E-state index is 5.81. The third kappa shape index (κ3) is 9.28. The molecule has 2 nitrogen and oxygen atoms in total. The smallest absolute Gasteiger partial charge is 0.145 e. The molecule has 0 aliphatic carbocycles. The van der Waals surface area contributed by atoms with Crippen LogP contribution in [0.2, 0.25) is 0 Å². The lowest BCUT2D eigenvalue weighted by atomic mass is 10.2. The lowest BCUT2D eigenvalue weighted by Crippen LogP contribution is -2.15. The normalized spacial score (nSPS) is 11.0. The van der Waals surface area contributed by atoms with Gasteiger partial charge in [-0.2, -0.15) is 0 Å². The Balaban J connectivity index is 0.000000980. The molecule has 0 fully saturated rings. The molecular weight excluding hydrogens is 270 g/mol. The number of unbranched alkanes of at least 4 members (excludes halogenated alkanes) is 2. The summed E-state index contributed by atoms with van der Waals surface area (Å²) >= 11 is 0. The average molecular weight is 303 g/mol. The van der Waals surface area contributed by atoms with E-state index in [1.165, 1.54) is 24.8 Å². The minimum atomic E-state index is 0.787. The number of rotatable bonds is 8. The first-order valence-corrected chi connectivity index (χ1v) is 8.40. The second-order valence-corrected chi connectivity index (χ2v) is 5.39. The first-order chi connectivity index (χ1) is 10.6. The average Bonchev–Trinajstić information content (AvgIpc) is 2.54. The van der Waals surface area contributed by atoms with Crippen molar-refractivity contribution in [3.05, 3.63) is 53.9 Å². The Morgan fingerprint density at radius 1 is 1.09 bits per heavy atom. The minimum absolute atomic E-state index is 0.787. The molecule has 2 heteroatoms. The Kier molecular flexibility index (Phi) is 12.0. The molecule has 0 atom stereocenters. The molecule has 0 amide bonds. The van der Waals surface area contributed by atoms with Gasteiger partial charge in [-0.05, 0) is 38.5 Å². The SMILES string of the molecule is C=C/C(Oc1ccc(C)cc1)=C(\C)NCCCC.CCCC. The van der Waals surface area contributed by atoms with Crippen molar-refractivity contribution in [2.24, 2.45) is 0 Å². The van der Waals surface area contributed by atoms with Crippen LogP contribution >= 0.6 is 0 Å². The zero-order valence-corrected chi connectivity index (χ0v) is 15.0. The molecule has 0 aliphatic rings. The standard InChI is InChI=1S/C16H23NO.C4H10/c1-5-7-12-17-14(4)16(6-2)18-15-10-8-13(3)9-11-15;1-3-4-2/h6,8-11,17H,2,5,7,12H2,1,3-4H3;3-4H2,1-2H3/b16-14-;. The quantitative estimate of drug-likeness (QED) is 0.362. The highest BCUT2D eigenvalue weighted by molar-refractivity contribution is 5.30. The number of nitrogens with one attached hydrogen (secondary N) is 1. The van der Waals surface area contributed by atoms with Crippen LogP contribution in [0.25, 0.3) is 0 Å². The van der Waals surface area contributed by atoms with Gasteiger partial charge in [0.15, 0.2) is 0 Å². The molecule has 0 saturated heterocycles. The number of allylic oxidation sites excluding steroid dienone is 2. The van der Waals surface area contributed by atoms with E-state index in [0.29, 0.717) is 0 Å². The van der Waals surface area contributed by atoms with E-state index >= 15 is 0 Å².